The number of nitrogens with zero attached hydrogens (tertiary/aromatic N) is 3. The average molecular weight is 311 g/mol. The lowest BCUT2D eigenvalue weighted by Crippen LogP contribution is -2.14. The second-order valence-electron chi connectivity index (χ2n) is 3.91. The molecule has 0 unspecified atom stereocenters. The fourth-order valence-electron chi connectivity index (χ4n) is 1.47. The summed E-state index contributed by atoms with van der Waals surface area (Å²) in [6.07, 6.45) is -8.35. The van der Waals surface area contributed by atoms with E-state index in [1.165, 1.54) is 0 Å². The van der Waals surface area contributed by atoms with Gasteiger partial charge in [0.2, 0.25) is 0 Å². The van der Waals surface area contributed by atoms with E-state index in [0.29, 0.717) is 29.2 Å². The zero-order chi connectivity index (χ0) is 15.8. The SMILES string of the molecule is NNc1cc(C(F)(F)F)cc(-n2cc(C(F)(F)F)cn2)n1. The minimum atomic E-state index is -4.71. The van der Waals surface area contributed by atoms with Crippen molar-refractivity contribution < 1.29 is 26.3 Å². The Hall–Kier alpha value is -2.30. The van der Waals surface area contributed by atoms with Crippen molar-refractivity contribution in [2.24, 2.45) is 5.84 Å². The van der Waals surface area contributed by atoms with E-state index in [4.69, 9.17) is 5.84 Å². The van der Waals surface area contributed by atoms with E-state index in [9.17, 15) is 26.3 Å². The lowest BCUT2D eigenvalue weighted by atomic mass is 10.2. The minimum absolute atomic E-state index is 0.358. The molecule has 5 nitrogen and oxygen atoms in total. The minimum Gasteiger partial charge on any atom is -0.308 e. The fourth-order valence-corrected chi connectivity index (χ4v) is 1.47. The van der Waals surface area contributed by atoms with Gasteiger partial charge in [0.05, 0.1) is 17.3 Å². The maximum absolute atomic E-state index is 12.7. The number of nitrogens with one attached hydrogen (secondary N) is 1. The van der Waals surface area contributed by atoms with E-state index in [2.05, 4.69) is 10.1 Å². The van der Waals surface area contributed by atoms with Gasteiger partial charge >= 0.3 is 12.4 Å². The van der Waals surface area contributed by atoms with Crippen molar-refractivity contribution in [3.05, 3.63) is 35.7 Å². The van der Waals surface area contributed by atoms with Gasteiger partial charge < -0.3 is 5.43 Å². The van der Waals surface area contributed by atoms with Crippen LogP contribution in [0.3, 0.4) is 0 Å². The zero-order valence-electron chi connectivity index (χ0n) is 10.00. The molecule has 0 amide bonds. The number of nitrogens with two attached hydrogens (primary N) is 1. The topological polar surface area (TPSA) is 68.8 Å². The standard InChI is InChI=1S/C10H7F6N5/c11-9(12,13)5-1-7(20-17)19-8(2-5)21-4-6(3-18-21)10(14,15)16/h1-4H,17H2,(H,19,20). The maximum Gasteiger partial charge on any atom is 0.419 e. The summed E-state index contributed by atoms with van der Waals surface area (Å²) >= 11 is 0. The molecule has 0 atom stereocenters. The van der Waals surface area contributed by atoms with E-state index in [0.717, 1.165) is 0 Å². The number of hydrazine groups is 1. The summed E-state index contributed by atoms with van der Waals surface area (Å²) in [6.45, 7) is 0. The van der Waals surface area contributed by atoms with Gasteiger partial charge in [0, 0.05) is 6.20 Å². The predicted octanol–water partition coefficient (Wildman–Crippen LogP) is 2.59. The van der Waals surface area contributed by atoms with E-state index in [1.807, 2.05) is 5.43 Å². The van der Waals surface area contributed by atoms with E-state index >= 15 is 0 Å². The van der Waals surface area contributed by atoms with Crippen molar-refractivity contribution in [2.75, 3.05) is 5.43 Å². The molecule has 2 aromatic heterocycles. The molecule has 0 saturated heterocycles. The van der Waals surface area contributed by atoms with Crippen LogP contribution in [0, 0.1) is 0 Å². The quantitative estimate of drug-likeness (QED) is 0.508. The molecular formula is C10H7F6N5. The number of alkyl halides is 6. The summed E-state index contributed by atoms with van der Waals surface area (Å²) < 4.78 is 76.0. The summed E-state index contributed by atoms with van der Waals surface area (Å²) in [5.41, 5.74) is -0.316. The largest absolute Gasteiger partial charge is 0.419 e. The number of pyridine rings is 1. The first kappa shape index (κ1) is 15.1. The monoisotopic (exact) mass is 311 g/mol. The first-order chi connectivity index (χ1) is 9.61. The van der Waals surface area contributed by atoms with Crippen LogP contribution in [0.15, 0.2) is 24.5 Å². The number of aromatic nitrogens is 3. The van der Waals surface area contributed by atoms with Gasteiger partial charge in [0.1, 0.15) is 5.82 Å². The molecule has 0 bridgehead atoms. The van der Waals surface area contributed by atoms with Crippen LogP contribution in [-0.2, 0) is 12.4 Å². The van der Waals surface area contributed by atoms with Crippen LogP contribution in [0.25, 0.3) is 5.82 Å². The molecule has 0 saturated carbocycles. The molecule has 0 aromatic carbocycles. The highest BCUT2D eigenvalue weighted by Crippen LogP contribution is 2.32. The number of hydrogen-bond donors (Lipinski definition) is 2. The molecule has 11 heteroatoms. The second kappa shape index (κ2) is 4.91. The van der Waals surface area contributed by atoms with E-state index < -0.39 is 29.3 Å². The maximum atomic E-state index is 12.7. The summed E-state index contributed by atoms with van der Waals surface area (Å²) in [7, 11) is 0. The third-order valence-electron chi connectivity index (χ3n) is 2.43. The molecule has 0 fully saturated rings. The molecule has 0 radical (unpaired) electrons. The van der Waals surface area contributed by atoms with Crippen molar-refractivity contribution in [1.82, 2.24) is 14.8 Å². The van der Waals surface area contributed by atoms with Crippen molar-refractivity contribution in [3.8, 4) is 5.82 Å². The molecule has 21 heavy (non-hydrogen) atoms. The Balaban J connectivity index is 2.51. The molecule has 2 rings (SSSR count). The van der Waals surface area contributed by atoms with Gasteiger partial charge in [0.25, 0.3) is 0 Å². The Labute approximate surface area is 113 Å². The van der Waals surface area contributed by atoms with Crippen LogP contribution in [-0.4, -0.2) is 14.8 Å². The first-order valence-electron chi connectivity index (χ1n) is 5.29. The summed E-state index contributed by atoms with van der Waals surface area (Å²) in [5.74, 6) is 4.19. The van der Waals surface area contributed by atoms with Gasteiger partial charge in [-0.2, -0.15) is 31.4 Å². The Morgan fingerprint density at radius 1 is 1.00 bits per heavy atom. The third-order valence-corrected chi connectivity index (χ3v) is 2.43. The molecule has 0 spiro atoms. The smallest absolute Gasteiger partial charge is 0.308 e. The summed E-state index contributed by atoms with van der Waals surface area (Å²) in [5, 5.41) is 3.35. The number of rotatable bonds is 2. The summed E-state index contributed by atoms with van der Waals surface area (Å²) in [6, 6.07) is 1.19. The van der Waals surface area contributed by atoms with Crippen LogP contribution in [0.2, 0.25) is 0 Å². The lowest BCUT2D eigenvalue weighted by molar-refractivity contribution is -0.138. The Morgan fingerprint density at radius 2 is 1.62 bits per heavy atom. The molecule has 3 N–H and O–H groups in total. The normalized spacial score (nSPS) is 12.5. The Kier molecular flexibility index (Phi) is 3.53. The van der Waals surface area contributed by atoms with Crippen molar-refractivity contribution >= 4 is 5.82 Å². The third kappa shape index (κ3) is 3.24. The predicted molar refractivity (Wildman–Crippen MR) is 59.2 cm³/mol. The number of halogens is 6. The number of anilines is 1. The molecule has 2 aromatic rings. The van der Waals surface area contributed by atoms with Crippen molar-refractivity contribution in [2.45, 2.75) is 12.4 Å². The van der Waals surface area contributed by atoms with Gasteiger partial charge in [-0.15, -0.1) is 0 Å². The number of nitrogen functional groups attached to an aromatic ring is 1. The van der Waals surface area contributed by atoms with Gasteiger partial charge in [-0.3, -0.25) is 0 Å². The first-order valence-corrected chi connectivity index (χ1v) is 5.29. The van der Waals surface area contributed by atoms with Crippen LogP contribution in [0.1, 0.15) is 11.1 Å². The van der Waals surface area contributed by atoms with Gasteiger partial charge in [-0.1, -0.05) is 0 Å². The highest BCUT2D eigenvalue weighted by atomic mass is 19.4. The molecular weight excluding hydrogens is 304 g/mol. The summed E-state index contributed by atoms with van der Waals surface area (Å²) in [4.78, 5) is 3.63. The molecule has 0 aliphatic carbocycles. The highest BCUT2D eigenvalue weighted by molar-refractivity contribution is 5.44. The zero-order valence-corrected chi connectivity index (χ0v) is 10.00. The molecule has 0 aliphatic heterocycles. The average Bonchev–Trinajstić information content (AvgIpc) is 2.86. The van der Waals surface area contributed by atoms with Crippen molar-refractivity contribution in [3.63, 3.8) is 0 Å². The van der Waals surface area contributed by atoms with Crippen LogP contribution in [0.4, 0.5) is 32.2 Å². The fraction of sp³-hybridized carbons (Fsp3) is 0.200. The van der Waals surface area contributed by atoms with Gasteiger partial charge in [-0.25, -0.2) is 15.5 Å². The van der Waals surface area contributed by atoms with Gasteiger partial charge in [0.15, 0.2) is 5.82 Å². The van der Waals surface area contributed by atoms with E-state index in [1.54, 1.807) is 0 Å². The van der Waals surface area contributed by atoms with Crippen LogP contribution < -0.4 is 11.3 Å². The highest BCUT2D eigenvalue weighted by Gasteiger charge is 2.34. The van der Waals surface area contributed by atoms with Gasteiger partial charge in [-0.05, 0) is 12.1 Å². The number of hydrogen-bond acceptors (Lipinski definition) is 4. The van der Waals surface area contributed by atoms with E-state index in [-0.39, 0.29) is 5.82 Å². The van der Waals surface area contributed by atoms with Crippen LogP contribution in [0.5, 0.6) is 0 Å². The lowest BCUT2D eigenvalue weighted by Gasteiger charge is -2.11. The van der Waals surface area contributed by atoms with Crippen molar-refractivity contribution in [1.29, 1.82) is 0 Å². The second-order valence-corrected chi connectivity index (χ2v) is 3.91. The molecule has 114 valence electrons. The van der Waals surface area contributed by atoms with Crippen LogP contribution >= 0.6 is 0 Å². The molecule has 0 aliphatic rings. The molecule has 2 heterocycles. The Morgan fingerprint density at radius 3 is 2.10 bits per heavy atom. The Bertz CT molecular complexity index is 644.